The van der Waals surface area contributed by atoms with Gasteiger partial charge in [-0.3, -0.25) is 19.7 Å². The summed E-state index contributed by atoms with van der Waals surface area (Å²) in [6.45, 7) is 2.31. The van der Waals surface area contributed by atoms with Gasteiger partial charge in [0.1, 0.15) is 5.37 Å². The van der Waals surface area contributed by atoms with E-state index in [2.05, 4.69) is 5.32 Å². The molecule has 3 aromatic rings. The quantitative estimate of drug-likeness (QED) is 0.427. The number of hydrogen-bond donors (Lipinski definition) is 1. The largest absolute Gasteiger partial charge is 0.322 e. The van der Waals surface area contributed by atoms with Crippen LogP contribution in [-0.4, -0.2) is 27.4 Å². The van der Waals surface area contributed by atoms with Crippen LogP contribution in [-0.2, 0) is 11.3 Å². The molecule has 2 amide bonds. The standard InChI is InChI=1S/C24H21N3O4S/c1-16-7-12-20(27(30)31)13-21(16)25-23(29)18-8-10-19(11-9-18)24-26(22(28)15-32-24)14-17-5-3-2-4-6-17/h2-13,24H,14-15H2,1H3,(H,25,29)/t24-/m1/s1. The highest BCUT2D eigenvalue weighted by Crippen LogP contribution is 2.39. The summed E-state index contributed by atoms with van der Waals surface area (Å²) >= 11 is 1.57. The second kappa shape index (κ2) is 9.23. The Morgan fingerprint density at radius 2 is 1.84 bits per heavy atom. The number of nitrogens with one attached hydrogen (secondary N) is 1. The van der Waals surface area contributed by atoms with E-state index in [1.165, 1.54) is 12.1 Å². The monoisotopic (exact) mass is 447 g/mol. The Bertz CT molecular complexity index is 1170. The van der Waals surface area contributed by atoms with Gasteiger partial charge in [-0.25, -0.2) is 0 Å². The third-order valence-electron chi connectivity index (χ3n) is 5.30. The minimum atomic E-state index is -0.494. The molecule has 162 valence electrons. The number of amides is 2. The molecule has 3 aromatic carbocycles. The molecule has 32 heavy (non-hydrogen) atoms. The van der Waals surface area contributed by atoms with Gasteiger partial charge >= 0.3 is 0 Å². The first-order valence-corrected chi connectivity index (χ1v) is 11.1. The number of benzene rings is 3. The first-order chi connectivity index (χ1) is 15.4. The first kappa shape index (κ1) is 21.6. The smallest absolute Gasteiger partial charge is 0.271 e. The Kier molecular flexibility index (Phi) is 6.23. The van der Waals surface area contributed by atoms with E-state index in [9.17, 15) is 19.7 Å². The number of nitrogens with zero attached hydrogens (tertiary/aromatic N) is 2. The fourth-order valence-electron chi connectivity index (χ4n) is 3.53. The van der Waals surface area contributed by atoms with Gasteiger partial charge in [-0.2, -0.15) is 0 Å². The summed E-state index contributed by atoms with van der Waals surface area (Å²) in [5.74, 6) is 0.162. The van der Waals surface area contributed by atoms with Crippen molar-refractivity contribution in [3.05, 3.63) is 105 Å². The summed E-state index contributed by atoms with van der Waals surface area (Å²) in [5, 5.41) is 13.6. The van der Waals surface area contributed by atoms with Crippen LogP contribution in [0.25, 0.3) is 0 Å². The first-order valence-electron chi connectivity index (χ1n) is 10.0. The summed E-state index contributed by atoms with van der Waals surface area (Å²) < 4.78 is 0. The molecule has 1 atom stereocenters. The number of hydrogen-bond acceptors (Lipinski definition) is 5. The highest BCUT2D eigenvalue weighted by Gasteiger charge is 2.32. The zero-order valence-corrected chi connectivity index (χ0v) is 18.2. The number of aryl methyl sites for hydroxylation is 1. The lowest BCUT2D eigenvalue weighted by Crippen LogP contribution is -2.27. The molecule has 0 spiro atoms. The number of thioether (sulfide) groups is 1. The van der Waals surface area contributed by atoms with Crippen LogP contribution < -0.4 is 5.32 Å². The van der Waals surface area contributed by atoms with Crippen molar-refractivity contribution in [2.45, 2.75) is 18.8 Å². The number of anilines is 1. The van der Waals surface area contributed by atoms with Gasteiger partial charge in [-0.15, -0.1) is 11.8 Å². The van der Waals surface area contributed by atoms with Gasteiger partial charge in [0, 0.05) is 24.2 Å². The van der Waals surface area contributed by atoms with Crippen LogP contribution in [0.1, 0.15) is 32.4 Å². The second-order valence-electron chi connectivity index (χ2n) is 7.50. The molecule has 4 rings (SSSR count). The lowest BCUT2D eigenvalue weighted by molar-refractivity contribution is -0.384. The summed E-state index contributed by atoms with van der Waals surface area (Å²) in [5.41, 5.74) is 3.50. The van der Waals surface area contributed by atoms with E-state index in [0.29, 0.717) is 23.5 Å². The fraction of sp³-hybridized carbons (Fsp3) is 0.167. The molecule has 0 unspecified atom stereocenters. The van der Waals surface area contributed by atoms with Crippen molar-refractivity contribution >= 4 is 35.0 Å². The van der Waals surface area contributed by atoms with Crippen LogP contribution in [0.2, 0.25) is 0 Å². The van der Waals surface area contributed by atoms with E-state index in [1.54, 1.807) is 36.9 Å². The molecule has 1 fully saturated rings. The minimum Gasteiger partial charge on any atom is -0.322 e. The predicted octanol–water partition coefficient (Wildman–Crippen LogP) is 4.93. The molecular formula is C24H21N3O4S. The van der Waals surface area contributed by atoms with E-state index in [0.717, 1.165) is 16.7 Å². The number of nitro groups is 1. The maximum atomic E-state index is 12.7. The zero-order valence-electron chi connectivity index (χ0n) is 17.4. The van der Waals surface area contributed by atoms with Gasteiger partial charge in [-0.1, -0.05) is 48.5 Å². The van der Waals surface area contributed by atoms with Crippen molar-refractivity contribution in [1.29, 1.82) is 0 Å². The Balaban J connectivity index is 1.49. The molecular weight excluding hydrogens is 426 g/mol. The number of carbonyl (C=O) groups is 2. The van der Waals surface area contributed by atoms with Crippen molar-refractivity contribution in [2.75, 3.05) is 11.1 Å². The van der Waals surface area contributed by atoms with Crippen LogP contribution in [0.15, 0.2) is 72.8 Å². The molecule has 8 heteroatoms. The van der Waals surface area contributed by atoms with Crippen LogP contribution in [0, 0.1) is 17.0 Å². The number of rotatable bonds is 6. The molecule has 0 bridgehead atoms. The molecule has 0 radical (unpaired) electrons. The van der Waals surface area contributed by atoms with E-state index in [-0.39, 0.29) is 22.9 Å². The SMILES string of the molecule is Cc1ccc([N+](=O)[O-])cc1NC(=O)c1ccc([C@H]2SCC(=O)N2Cc2ccccc2)cc1. The highest BCUT2D eigenvalue weighted by molar-refractivity contribution is 8.00. The third-order valence-corrected chi connectivity index (χ3v) is 6.56. The number of carbonyl (C=O) groups excluding carboxylic acids is 2. The van der Waals surface area contributed by atoms with Gasteiger partial charge in [0.05, 0.1) is 16.4 Å². The Hall–Kier alpha value is -3.65. The average Bonchev–Trinajstić information content (AvgIpc) is 3.16. The van der Waals surface area contributed by atoms with Crippen LogP contribution >= 0.6 is 11.8 Å². The van der Waals surface area contributed by atoms with Crippen molar-refractivity contribution in [1.82, 2.24) is 4.90 Å². The molecule has 1 heterocycles. The Morgan fingerprint density at radius 3 is 2.53 bits per heavy atom. The molecule has 0 aromatic heterocycles. The van der Waals surface area contributed by atoms with Crippen molar-refractivity contribution in [2.24, 2.45) is 0 Å². The van der Waals surface area contributed by atoms with E-state index in [4.69, 9.17) is 0 Å². The Morgan fingerprint density at radius 1 is 1.12 bits per heavy atom. The summed E-state index contributed by atoms with van der Waals surface area (Å²) in [6.07, 6.45) is 0. The molecule has 1 aliphatic rings. The zero-order chi connectivity index (χ0) is 22.7. The van der Waals surface area contributed by atoms with Gasteiger partial charge in [-0.05, 0) is 35.7 Å². The maximum Gasteiger partial charge on any atom is 0.271 e. The minimum absolute atomic E-state index is 0.0809. The highest BCUT2D eigenvalue weighted by atomic mass is 32.2. The lowest BCUT2D eigenvalue weighted by atomic mass is 10.1. The van der Waals surface area contributed by atoms with Crippen LogP contribution in [0.5, 0.6) is 0 Å². The predicted molar refractivity (Wildman–Crippen MR) is 124 cm³/mol. The Labute approximate surface area is 189 Å². The number of non-ortho nitro benzene ring substituents is 1. The second-order valence-corrected chi connectivity index (χ2v) is 8.57. The fourth-order valence-corrected chi connectivity index (χ4v) is 4.72. The number of nitro benzene ring substituents is 1. The van der Waals surface area contributed by atoms with Crippen molar-refractivity contribution in [3.8, 4) is 0 Å². The molecule has 1 aliphatic heterocycles. The summed E-state index contributed by atoms with van der Waals surface area (Å²) in [7, 11) is 0. The molecule has 1 saturated heterocycles. The van der Waals surface area contributed by atoms with Crippen molar-refractivity contribution < 1.29 is 14.5 Å². The third kappa shape index (κ3) is 4.65. The van der Waals surface area contributed by atoms with E-state index >= 15 is 0 Å². The lowest BCUT2D eigenvalue weighted by Gasteiger charge is -2.24. The van der Waals surface area contributed by atoms with Gasteiger partial charge < -0.3 is 10.2 Å². The molecule has 0 saturated carbocycles. The van der Waals surface area contributed by atoms with Gasteiger partial charge in [0.15, 0.2) is 0 Å². The summed E-state index contributed by atoms with van der Waals surface area (Å²) in [6, 6.07) is 21.3. The normalized spacial score (nSPS) is 15.6. The molecule has 0 aliphatic carbocycles. The van der Waals surface area contributed by atoms with Crippen LogP contribution in [0.3, 0.4) is 0 Å². The molecule has 7 nitrogen and oxygen atoms in total. The maximum absolute atomic E-state index is 12.7. The summed E-state index contributed by atoms with van der Waals surface area (Å²) in [4.78, 5) is 37.5. The van der Waals surface area contributed by atoms with Crippen molar-refractivity contribution in [3.63, 3.8) is 0 Å². The average molecular weight is 448 g/mol. The van der Waals surface area contributed by atoms with E-state index < -0.39 is 4.92 Å². The topological polar surface area (TPSA) is 92.5 Å². The molecule has 1 N–H and O–H groups in total. The van der Waals surface area contributed by atoms with Gasteiger partial charge in [0.2, 0.25) is 5.91 Å². The van der Waals surface area contributed by atoms with Gasteiger partial charge in [0.25, 0.3) is 11.6 Å². The van der Waals surface area contributed by atoms with E-state index in [1.807, 2.05) is 47.4 Å². The van der Waals surface area contributed by atoms with Crippen LogP contribution in [0.4, 0.5) is 11.4 Å².